The van der Waals surface area contributed by atoms with Crippen LogP contribution in [-0.4, -0.2) is 32.2 Å². The summed E-state index contributed by atoms with van der Waals surface area (Å²) in [5.41, 5.74) is 5.13. The van der Waals surface area contributed by atoms with E-state index in [-0.39, 0.29) is 12.5 Å². The second-order valence-corrected chi connectivity index (χ2v) is 3.07. The minimum atomic E-state index is -0.0751. The molecule has 1 amide bonds. The lowest BCUT2D eigenvalue weighted by atomic mass is 10.1. The SMILES string of the molecule is NCC(=O)NCCC1CCOC1. The molecular formula is C8H16N2O2. The molecule has 12 heavy (non-hydrogen) atoms. The van der Waals surface area contributed by atoms with Crippen molar-refractivity contribution in [1.29, 1.82) is 0 Å². The zero-order valence-electron chi connectivity index (χ0n) is 7.21. The summed E-state index contributed by atoms with van der Waals surface area (Å²) >= 11 is 0. The Morgan fingerprint density at radius 2 is 2.50 bits per heavy atom. The van der Waals surface area contributed by atoms with Crippen molar-refractivity contribution in [3.05, 3.63) is 0 Å². The van der Waals surface area contributed by atoms with Crippen LogP contribution in [0.1, 0.15) is 12.8 Å². The molecule has 1 unspecified atom stereocenters. The summed E-state index contributed by atoms with van der Waals surface area (Å²) in [7, 11) is 0. The van der Waals surface area contributed by atoms with Gasteiger partial charge in [0.05, 0.1) is 6.54 Å². The molecular weight excluding hydrogens is 156 g/mol. The van der Waals surface area contributed by atoms with Gasteiger partial charge >= 0.3 is 0 Å². The molecule has 4 nitrogen and oxygen atoms in total. The van der Waals surface area contributed by atoms with Crippen LogP contribution in [0.25, 0.3) is 0 Å². The van der Waals surface area contributed by atoms with Crippen molar-refractivity contribution in [3.8, 4) is 0 Å². The van der Waals surface area contributed by atoms with Gasteiger partial charge in [-0.3, -0.25) is 4.79 Å². The number of hydrogen-bond acceptors (Lipinski definition) is 3. The van der Waals surface area contributed by atoms with Crippen LogP contribution >= 0.6 is 0 Å². The first-order valence-corrected chi connectivity index (χ1v) is 4.37. The summed E-state index contributed by atoms with van der Waals surface area (Å²) in [6, 6.07) is 0. The molecule has 1 saturated heterocycles. The predicted molar refractivity (Wildman–Crippen MR) is 45.6 cm³/mol. The molecule has 0 aromatic carbocycles. The van der Waals surface area contributed by atoms with Gasteiger partial charge in [-0.25, -0.2) is 0 Å². The molecule has 0 aromatic heterocycles. The Balaban J connectivity index is 1.97. The molecule has 0 aromatic rings. The fraction of sp³-hybridized carbons (Fsp3) is 0.875. The Hall–Kier alpha value is -0.610. The van der Waals surface area contributed by atoms with Gasteiger partial charge in [0.15, 0.2) is 0 Å². The maximum Gasteiger partial charge on any atom is 0.233 e. The van der Waals surface area contributed by atoms with E-state index in [1.54, 1.807) is 0 Å². The van der Waals surface area contributed by atoms with Crippen molar-refractivity contribution in [2.24, 2.45) is 11.7 Å². The molecule has 1 aliphatic rings. The van der Waals surface area contributed by atoms with Gasteiger partial charge in [-0.1, -0.05) is 0 Å². The van der Waals surface area contributed by atoms with E-state index in [9.17, 15) is 4.79 Å². The lowest BCUT2D eigenvalue weighted by Gasteiger charge is -2.07. The normalized spacial score (nSPS) is 22.6. The summed E-state index contributed by atoms with van der Waals surface area (Å²) in [6.45, 7) is 2.53. The van der Waals surface area contributed by atoms with Gasteiger partial charge in [0, 0.05) is 19.8 Å². The number of ether oxygens (including phenoxy) is 1. The molecule has 0 spiro atoms. The van der Waals surface area contributed by atoms with E-state index >= 15 is 0 Å². The fourth-order valence-electron chi connectivity index (χ4n) is 1.30. The Labute approximate surface area is 72.5 Å². The summed E-state index contributed by atoms with van der Waals surface area (Å²) in [5.74, 6) is 0.553. The third-order valence-corrected chi connectivity index (χ3v) is 2.08. The highest BCUT2D eigenvalue weighted by Crippen LogP contribution is 2.14. The van der Waals surface area contributed by atoms with Crippen molar-refractivity contribution < 1.29 is 9.53 Å². The number of carbonyl (C=O) groups excluding carboxylic acids is 1. The Bertz CT molecular complexity index is 144. The van der Waals surface area contributed by atoms with Crippen LogP contribution in [-0.2, 0) is 9.53 Å². The van der Waals surface area contributed by atoms with E-state index in [1.807, 2.05) is 0 Å². The second-order valence-electron chi connectivity index (χ2n) is 3.07. The maximum atomic E-state index is 10.7. The molecule has 3 N–H and O–H groups in total. The van der Waals surface area contributed by atoms with E-state index in [0.29, 0.717) is 5.92 Å². The Morgan fingerprint density at radius 3 is 3.08 bits per heavy atom. The third kappa shape index (κ3) is 3.19. The van der Waals surface area contributed by atoms with Crippen LogP contribution in [0.3, 0.4) is 0 Å². The van der Waals surface area contributed by atoms with Crippen molar-refractivity contribution in [3.63, 3.8) is 0 Å². The third-order valence-electron chi connectivity index (χ3n) is 2.08. The lowest BCUT2D eigenvalue weighted by molar-refractivity contribution is -0.119. The predicted octanol–water partition coefficient (Wildman–Crippen LogP) is -0.512. The average molecular weight is 172 g/mol. The first kappa shape index (κ1) is 9.48. The molecule has 70 valence electrons. The van der Waals surface area contributed by atoms with Gasteiger partial charge in [-0.2, -0.15) is 0 Å². The number of hydrogen-bond donors (Lipinski definition) is 2. The summed E-state index contributed by atoms with van der Waals surface area (Å²) in [5, 5.41) is 2.74. The molecule has 1 fully saturated rings. The summed E-state index contributed by atoms with van der Waals surface area (Å²) < 4.78 is 5.20. The molecule has 0 saturated carbocycles. The maximum absolute atomic E-state index is 10.7. The van der Waals surface area contributed by atoms with Crippen LogP contribution in [0.4, 0.5) is 0 Å². The molecule has 1 heterocycles. The quantitative estimate of drug-likeness (QED) is 0.600. The van der Waals surface area contributed by atoms with Crippen LogP contribution < -0.4 is 11.1 Å². The number of rotatable bonds is 4. The number of nitrogens with one attached hydrogen (secondary N) is 1. The summed E-state index contributed by atoms with van der Waals surface area (Å²) in [4.78, 5) is 10.7. The molecule has 1 aliphatic heterocycles. The highest BCUT2D eigenvalue weighted by atomic mass is 16.5. The van der Waals surface area contributed by atoms with Gasteiger partial charge in [0.2, 0.25) is 5.91 Å². The smallest absolute Gasteiger partial charge is 0.233 e. The van der Waals surface area contributed by atoms with Gasteiger partial charge in [-0.05, 0) is 18.8 Å². The largest absolute Gasteiger partial charge is 0.381 e. The van der Waals surface area contributed by atoms with Crippen molar-refractivity contribution in [2.45, 2.75) is 12.8 Å². The second kappa shape index (κ2) is 5.11. The standard InChI is InChI=1S/C8H16N2O2/c9-5-8(11)10-3-1-7-2-4-12-6-7/h7H,1-6,9H2,(H,10,11). The van der Waals surface area contributed by atoms with Gasteiger partial charge in [-0.15, -0.1) is 0 Å². The molecule has 1 rings (SSSR count). The number of nitrogens with two attached hydrogens (primary N) is 1. The van der Waals surface area contributed by atoms with Crippen LogP contribution in [0, 0.1) is 5.92 Å². The van der Waals surface area contributed by atoms with Crippen LogP contribution in [0.2, 0.25) is 0 Å². The van der Waals surface area contributed by atoms with E-state index < -0.39 is 0 Å². The van der Waals surface area contributed by atoms with Gasteiger partial charge in [0.1, 0.15) is 0 Å². The average Bonchev–Trinajstić information content (AvgIpc) is 2.57. The summed E-state index contributed by atoms with van der Waals surface area (Å²) in [6.07, 6.45) is 2.13. The molecule has 0 bridgehead atoms. The number of carbonyl (C=O) groups is 1. The van der Waals surface area contributed by atoms with E-state index in [4.69, 9.17) is 10.5 Å². The highest BCUT2D eigenvalue weighted by Gasteiger charge is 2.14. The molecule has 0 radical (unpaired) electrons. The molecule has 0 aliphatic carbocycles. The Kier molecular flexibility index (Phi) is 4.04. The van der Waals surface area contributed by atoms with E-state index in [1.165, 1.54) is 0 Å². The van der Waals surface area contributed by atoms with Crippen molar-refractivity contribution >= 4 is 5.91 Å². The topological polar surface area (TPSA) is 64.4 Å². The highest BCUT2D eigenvalue weighted by molar-refractivity contribution is 5.77. The monoisotopic (exact) mass is 172 g/mol. The van der Waals surface area contributed by atoms with E-state index in [0.717, 1.165) is 32.6 Å². The first-order chi connectivity index (χ1) is 5.83. The van der Waals surface area contributed by atoms with Crippen LogP contribution in [0.5, 0.6) is 0 Å². The molecule has 4 heteroatoms. The molecule has 1 atom stereocenters. The zero-order valence-corrected chi connectivity index (χ0v) is 7.21. The zero-order chi connectivity index (χ0) is 8.81. The van der Waals surface area contributed by atoms with E-state index in [2.05, 4.69) is 5.32 Å². The lowest BCUT2D eigenvalue weighted by Crippen LogP contribution is -2.31. The van der Waals surface area contributed by atoms with Gasteiger partial charge < -0.3 is 15.8 Å². The fourth-order valence-corrected chi connectivity index (χ4v) is 1.30. The van der Waals surface area contributed by atoms with Crippen molar-refractivity contribution in [2.75, 3.05) is 26.3 Å². The Morgan fingerprint density at radius 1 is 1.67 bits per heavy atom. The first-order valence-electron chi connectivity index (χ1n) is 4.37. The van der Waals surface area contributed by atoms with Crippen LogP contribution in [0.15, 0.2) is 0 Å². The van der Waals surface area contributed by atoms with Gasteiger partial charge in [0.25, 0.3) is 0 Å². The van der Waals surface area contributed by atoms with Crippen molar-refractivity contribution in [1.82, 2.24) is 5.32 Å². The minimum Gasteiger partial charge on any atom is -0.381 e. The minimum absolute atomic E-state index is 0.0751. The number of amides is 1.